The first kappa shape index (κ1) is 15.8. The summed E-state index contributed by atoms with van der Waals surface area (Å²) in [6.45, 7) is 3.72. The lowest BCUT2D eigenvalue weighted by Crippen LogP contribution is -2.45. The number of carbonyl (C=O) groups is 1. The molecule has 5 N–H and O–H groups in total. The van der Waals surface area contributed by atoms with Crippen molar-refractivity contribution in [2.24, 2.45) is 10.9 Å². The number of benzene rings is 1. The fourth-order valence-electron chi connectivity index (χ4n) is 2.91. The zero-order chi connectivity index (χ0) is 16.4. The Morgan fingerprint density at radius 1 is 1.39 bits per heavy atom. The SMILES string of the molecule is CC(=Nc1c(C(=O)NC2CCCNC2)ccc(O)c1N)C1CC1. The topological polar surface area (TPSA) is 99.7 Å². The number of aliphatic imine (C=N–C) groups is 1. The fraction of sp³-hybridized carbons (Fsp3) is 0.529. The van der Waals surface area contributed by atoms with Crippen LogP contribution in [0.5, 0.6) is 5.75 Å². The Morgan fingerprint density at radius 3 is 2.83 bits per heavy atom. The number of carbonyl (C=O) groups excluding carboxylic acids is 1. The van der Waals surface area contributed by atoms with Crippen LogP contribution in [0.15, 0.2) is 17.1 Å². The number of phenols is 1. The van der Waals surface area contributed by atoms with E-state index in [0.29, 0.717) is 17.2 Å². The van der Waals surface area contributed by atoms with Gasteiger partial charge in [0.15, 0.2) is 0 Å². The molecular formula is C17H24N4O2. The molecule has 0 radical (unpaired) electrons. The zero-order valence-corrected chi connectivity index (χ0v) is 13.4. The molecule has 6 heteroatoms. The molecule has 0 aromatic heterocycles. The molecule has 1 aromatic carbocycles. The number of hydrogen-bond donors (Lipinski definition) is 4. The number of amides is 1. The highest BCUT2D eigenvalue weighted by Crippen LogP contribution is 2.38. The molecule has 23 heavy (non-hydrogen) atoms. The monoisotopic (exact) mass is 316 g/mol. The third kappa shape index (κ3) is 3.64. The summed E-state index contributed by atoms with van der Waals surface area (Å²) in [7, 11) is 0. The molecule has 6 nitrogen and oxygen atoms in total. The Balaban J connectivity index is 1.86. The van der Waals surface area contributed by atoms with Crippen LogP contribution in [0.1, 0.15) is 43.0 Å². The van der Waals surface area contributed by atoms with Gasteiger partial charge in [0.05, 0.1) is 5.56 Å². The minimum absolute atomic E-state index is 0.0387. The zero-order valence-electron chi connectivity index (χ0n) is 13.4. The van der Waals surface area contributed by atoms with Gasteiger partial charge < -0.3 is 21.5 Å². The maximum atomic E-state index is 12.6. The van der Waals surface area contributed by atoms with Crippen molar-refractivity contribution in [3.63, 3.8) is 0 Å². The molecule has 1 aliphatic heterocycles. The van der Waals surface area contributed by atoms with E-state index < -0.39 is 0 Å². The van der Waals surface area contributed by atoms with Gasteiger partial charge in [-0.3, -0.25) is 9.79 Å². The highest BCUT2D eigenvalue weighted by Gasteiger charge is 2.26. The van der Waals surface area contributed by atoms with E-state index in [0.717, 1.165) is 44.5 Å². The van der Waals surface area contributed by atoms with Crippen LogP contribution in [-0.4, -0.2) is 35.9 Å². The Bertz CT molecular complexity index is 632. The van der Waals surface area contributed by atoms with Crippen LogP contribution in [0.4, 0.5) is 11.4 Å². The van der Waals surface area contributed by atoms with Gasteiger partial charge in [0.25, 0.3) is 5.91 Å². The second-order valence-electron chi connectivity index (χ2n) is 6.44. The summed E-state index contributed by atoms with van der Waals surface area (Å²) in [5, 5.41) is 16.2. The second-order valence-corrected chi connectivity index (χ2v) is 6.44. The smallest absolute Gasteiger partial charge is 0.253 e. The van der Waals surface area contributed by atoms with Gasteiger partial charge >= 0.3 is 0 Å². The van der Waals surface area contributed by atoms with Crippen LogP contribution < -0.4 is 16.4 Å². The van der Waals surface area contributed by atoms with Crippen molar-refractivity contribution in [1.82, 2.24) is 10.6 Å². The predicted molar refractivity (Wildman–Crippen MR) is 91.4 cm³/mol. The predicted octanol–water partition coefficient (Wildman–Crippen LogP) is 1.96. The van der Waals surface area contributed by atoms with E-state index in [1.54, 1.807) is 6.07 Å². The maximum absolute atomic E-state index is 12.6. The van der Waals surface area contributed by atoms with Crippen LogP contribution >= 0.6 is 0 Å². The number of piperidine rings is 1. The molecule has 1 unspecified atom stereocenters. The molecule has 1 amide bonds. The Hall–Kier alpha value is -2.08. The van der Waals surface area contributed by atoms with E-state index in [2.05, 4.69) is 15.6 Å². The van der Waals surface area contributed by atoms with Crippen molar-refractivity contribution < 1.29 is 9.90 Å². The fourth-order valence-corrected chi connectivity index (χ4v) is 2.91. The number of nitrogen functional groups attached to an aromatic ring is 1. The van der Waals surface area contributed by atoms with Gasteiger partial charge in [-0.25, -0.2) is 0 Å². The van der Waals surface area contributed by atoms with Crippen LogP contribution in [0.2, 0.25) is 0 Å². The lowest BCUT2D eigenvalue weighted by atomic mass is 10.1. The van der Waals surface area contributed by atoms with E-state index in [4.69, 9.17) is 5.73 Å². The maximum Gasteiger partial charge on any atom is 0.253 e. The Kier molecular flexibility index (Phi) is 4.52. The van der Waals surface area contributed by atoms with Gasteiger partial charge in [-0.15, -0.1) is 0 Å². The molecule has 1 aromatic rings. The number of phenolic OH excluding ortho intramolecular Hbond substituents is 1. The molecule has 1 heterocycles. The van der Waals surface area contributed by atoms with Crippen LogP contribution in [0, 0.1) is 5.92 Å². The molecule has 1 aliphatic carbocycles. The minimum atomic E-state index is -0.187. The first-order valence-corrected chi connectivity index (χ1v) is 8.24. The summed E-state index contributed by atoms with van der Waals surface area (Å²) >= 11 is 0. The number of nitrogens with two attached hydrogens (primary N) is 1. The molecule has 2 aliphatic rings. The number of nitrogens with one attached hydrogen (secondary N) is 2. The van der Waals surface area contributed by atoms with Crippen molar-refractivity contribution in [3.8, 4) is 5.75 Å². The second kappa shape index (κ2) is 6.58. The average Bonchev–Trinajstić information content (AvgIpc) is 3.37. The van der Waals surface area contributed by atoms with Gasteiger partial charge in [-0.2, -0.15) is 0 Å². The molecule has 124 valence electrons. The molecule has 3 rings (SSSR count). The quantitative estimate of drug-likeness (QED) is 0.387. The van der Waals surface area contributed by atoms with E-state index in [9.17, 15) is 9.90 Å². The lowest BCUT2D eigenvalue weighted by molar-refractivity contribution is 0.0931. The van der Waals surface area contributed by atoms with Crippen molar-refractivity contribution in [1.29, 1.82) is 0 Å². The molecule has 0 bridgehead atoms. The first-order chi connectivity index (χ1) is 11.1. The highest BCUT2D eigenvalue weighted by atomic mass is 16.3. The largest absolute Gasteiger partial charge is 0.506 e. The Labute approximate surface area is 136 Å². The van der Waals surface area contributed by atoms with Crippen molar-refractivity contribution in [2.45, 2.75) is 38.6 Å². The standard InChI is InChI=1S/C17H24N4O2/c1-10(11-4-5-11)20-16-13(6-7-14(22)15(16)18)17(23)21-12-3-2-8-19-9-12/h6-7,11-12,19,22H,2-5,8-9,18H2,1H3,(H,21,23). The summed E-state index contributed by atoms with van der Waals surface area (Å²) < 4.78 is 0. The number of nitrogens with zero attached hydrogens (tertiary/aromatic N) is 1. The van der Waals surface area contributed by atoms with Crippen molar-refractivity contribution in [2.75, 3.05) is 18.8 Å². The lowest BCUT2D eigenvalue weighted by Gasteiger charge is -2.24. The van der Waals surface area contributed by atoms with E-state index in [1.165, 1.54) is 6.07 Å². The number of aromatic hydroxyl groups is 1. The van der Waals surface area contributed by atoms with Crippen LogP contribution in [0.25, 0.3) is 0 Å². The minimum Gasteiger partial charge on any atom is -0.506 e. The summed E-state index contributed by atoms with van der Waals surface area (Å²) in [5.74, 6) is 0.256. The highest BCUT2D eigenvalue weighted by molar-refractivity contribution is 6.04. The number of anilines is 1. The molecular weight excluding hydrogens is 292 g/mol. The normalized spacial score (nSPS) is 22.0. The van der Waals surface area contributed by atoms with Crippen molar-refractivity contribution in [3.05, 3.63) is 17.7 Å². The Morgan fingerprint density at radius 2 is 2.17 bits per heavy atom. The average molecular weight is 316 g/mol. The summed E-state index contributed by atoms with van der Waals surface area (Å²) in [5.41, 5.74) is 7.92. The molecule has 1 saturated heterocycles. The molecule has 2 fully saturated rings. The van der Waals surface area contributed by atoms with Gasteiger partial charge in [0, 0.05) is 18.3 Å². The number of rotatable bonds is 4. The molecule has 1 saturated carbocycles. The molecule has 1 atom stereocenters. The van der Waals surface area contributed by atoms with Gasteiger partial charge in [-0.1, -0.05) is 0 Å². The number of hydrogen-bond acceptors (Lipinski definition) is 5. The van der Waals surface area contributed by atoms with E-state index >= 15 is 0 Å². The molecule has 0 spiro atoms. The van der Waals surface area contributed by atoms with E-state index in [-0.39, 0.29) is 23.4 Å². The van der Waals surface area contributed by atoms with Gasteiger partial charge in [0.1, 0.15) is 17.1 Å². The summed E-state index contributed by atoms with van der Waals surface area (Å²) in [6.07, 6.45) is 4.27. The summed E-state index contributed by atoms with van der Waals surface area (Å²) in [4.78, 5) is 17.2. The third-order valence-corrected chi connectivity index (χ3v) is 4.53. The van der Waals surface area contributed by atoms with Gasteiger partial charge in [-0.05, 0) is 57.2 Å². The third-order valence-electron chi connectivity index (χ3n) is 4.53. The van der Waals surface area contributed by atoms with Crippen LogP contribution in [0.3, 0.4) is 0 Å². The summed E-state index contributed by atoms with van der Waals surface area (Å²) in [6, 6.07) is 3.16. The first-order valence-electron chi connectivity index (χ1n) is 8.24. The van der Waals surface area contributed by atoms with Crippen LogP contribution in [-0.2, 0) is 0 Å². The van der Waals surface area contributed by atoms with E-state index in [1.807, 2.05) is 6.92 Å². The van der Waals surface area contributed by atoms with Gasteiger partial charge in [0.2, 0.25) is 0 Å². The van der Waals surface area contributed by atoms with Crippen molar-refractivity contribution >= 4 is 23.0 Å².